The average molecular weight is 356 g/mol. The lowest BCUT2D eigenvalue weighted by Gasteiger charge is -2.27. The van der Waals surface area contributed by atoms with Gasteiger partial charge in [-0.25, -0.2) is 9.18 Å². The summed E-state index contributed by atoms with van der Waals surface area (Å²) in [6.45, 7) is 0.283. The van der Waals surface area contributed by atoms with Gasteiger partial charge in [-0.15, -0.1) is 0 Å². The molecule has 3 rings (SSSR count). The van der Waals surface area contributed by atoms with Crippen molar-refractivity contribution in [1.29, 1.82) is 0 Å². The molecule has 6 heteroatoms. The standard InChI is InChI=1S/C20H21FN2O3/c1-23(2)17(14-7-5-8-15(21)10-14)12-22-19(24)18-11-13-6-3-4-9-16(13)20(25)26-18/h3-10,17-18H,11-12H2,1-2H3,(H,22,24)/t17-,18-/m1/s1. The van der Waals surface area contributed by atoms with Crippen molar-refractivity contribution in [2.75, 3.05) is 20.6 Å². The molecule has 2 aromatic rings. The number of ether oxygens (including phenoxy) is 1. The van der Waals surface area contributed by atoms with Crippen LogP contribution >= 0.6 is 0 Å². The van der Waals surface area contributed by atoms with Crippen molar-refractivity contribution in [2.45, 2.75) is 18.6 Å². The normalized spacial score (nSPS) is 17.4. The van der Waals surface area contributed by atoms with E-state index in [-0.39, 0.29) is 24.3 Å². The second kappa shape index (κ2) is 7.66. The second-order valence-corrected chi connectivity index (χ2v) is 6.53. The predicted octanol–water partition coefficient (Wildman–Crippen LogP) is 2.33. The van der Waals surface area contributed by atoms with Gasteiger partial charge in [0.2, 0.25) is 0 Å². The monoisotopic (exact) mass is 356 g/mol. The molecule has 1 heterocycles. The molecule has 5 nitrogen and oxygen atoms in total. The number of hydrogen-bond donors (Lipinski definition) is 1. The number of benzene rings is 2. The average Bonchev–Trinajstić information content (AvgIpc) is 2.61. The first-order chi connectivity index (χ1) is 12.5. The van der Waals surface area contributed by atoms with Crippen molar-refractivity contribution in [3.05, 3.63) is 71.0 Å². The number of fused-ring (bicyclic) bond motifs is 1. The number of rotatable bonds is 5. The topological polar surface area (TPSA) is 58.6 Å². The molecule has 0 saturated carbocycles. The Balaban J connectivity index is 1.67. The van der Waals surface area contributed by atoms with E-state index in [9.17, 15) is 14.0 Å². The van der Waals surface area contributed by atoms with Gasteiger partial charge in [0.05, 0.1) is 11.6 Å². The molecule has 0 aromatic heterocycles. The molecule has 2 atom stereocenters. The quantitative estimate of drug-likeness (QED) is 0.836. The zero-order valence-corrected chi connectivity index (χ0v) is 14.7. The number of carbonyl (C=O) groups excluding carboxylic acids is 2. The summed E-state index contributed by atoms with van der Waals surface area (Å²) in [7, 11) is 3.72. The molecular formula is C20H21FN2O3. The van der Waals surface area contributed by atoms with Crippen LogP contribution in [0.15, 0.2) is 48.5 Å². The van der Waals surface area contributed by atoms with Crippen LogP contribution in [0.5, 0.6) is 0 Å². The largest absolute Gasteiger partial charge is 0.448 e. The number of halogens is 1. The maximum absolute atomic E-state index is 13.5. The SMILES string of the molecule is CN(C)[C@H](CNC(=O)[C@H]1Cc2ccccc2C(=O)O1)c1cccc(F)c1. The van der Waals surface area contributed by atoms with Gasteiger partial charge in [-0.05, 0) is 43.4 Å². The van der Waals surface area contributed by atoms with E-state index < -0.39 is 12.1 Å². The Morgan fingerprint density at radius 2 is 2.04 bits per heavy atom. The number of amides is 1. The molecule has 0 fully saturated rings. The van der Waals surface area contributed by atoms with E-state index in [2.05, 4.69) is 5.32 Å². The van der Waals surface area contributed by atoms with Crippen LogP contribution in [0.3, 0.4) is 0 Å². The highest BCUT2D eigenvalue weighted by molar-refractivity contribution is 5.95. The Morgan fingerprint density at radius 3 is 2.77 bits per heavy atom. The van der Waals surface area contributed by atoms with Gasteiger partial charge in [0.1, 0.15) is 5.82 Å². The summed E-state index contributed by atoms with van der Waals surface area (Å²) in [5.74, 6) is -1.16. The smallest absolute Gasteiger partial charge is 0.339 e. The molecule has 136 valence electrons. The van der Waals surface area contributed by atoms with E-state index in [1.54, 1.807) is 18.2 Å². The van der Waals surface area contributed by atoms with Crippen LogP contribution in [0.25, 0.3) is 0 Å². The first kappa shape index (κ1) is 18.1. The lowest BCUT2D eigenvalue weighted by atomic mass is 9.98. The highest BCUT2D eigenvalue weighted by atomic mass is 19.1. The minimum atomic E-state index is -0.854. The fourth-order valence-electron chi connectivity index (χ4n) is 3.10. The summed E-state index contributed by atoms with van der Waals surface area (Å²) < 4.78 is 18.8. The summed E-state index contributed by atoms with van der Waals surface area (Å²) in [5.41, 5.74) is 2.07. The first-order valence-corrected chi connectivity index (χ1v) is 8.44. The highest BCUT2D eigenvalue weighted by Crippen LogP contribution is 2.21. The van der Waals surface area contributed by atoms with Crippen LogP contribution in [0.2, 0.25) is 0 Å². The third-order valence-electron chi connectivity index (χ3n) is 4.51. The molecule has 1 amide bonds. The highest BCUT2D eigenvalue weighted by Gasteiger charge is 2.31. The molecule has 1 aliphatic heterocycles. The number of cyclic esters (lactones) is 1. The molecule has 0 saturated heterocycles. The van der Waals surface area contributed by atoms with Crippen molar-refractivity contribution < 1.29 is 18.7 Å². The van der Waals surface area contributed by atoms with Crippen LogP contribution < -0.4 is 5.32 Å². The van der Waals surface area contributed by atoms with Gasteiger partial charge in [-0.3, -0.25) is 4.79 Å². The van der Waals surface area contributed by atoms with Gasteiger partial charge in [0.15, 0.2) is 6.10 Å². The minimum Gasteiger partial charge on any atom is -0.448 e. The van der Waals surface area contributed by atoms with Gasteiger partial charge in [0.25, 0.3) is 5.91 Å². The molecular weight excluding hydrogens is 335 g/mol. The number of nitrogens with one attached hydrogen (secondary N) is 1. The molecule has 0 unspecified atom stereocenters. The molecule has 0 bridgehead atoms. The Labute approximate surface area is 151 Å². The molecule has 26 heavy (non-hydrogen) atoms. The summed E-state index contributed by atoms with van der Waals surface area (Å²) >= 11 is 0. The van der Waals surface area contributed by atoms with Crippen molar-refractivity contribution in [3.63, 3.8) is 0 Å². The van der Waals surface area contributed by atoms with Gasteiger partial charge in [0, 0.05) is 13.0 Å². The molecule has 0 aliphatic carbocycles. The van der Waals surface area contributed by atoms with Crippen molar-refractivity contribution in [1.82, 2.24) is 10.2 Å². The van der Waals surface area contributed by atoms with Gasteiger partial charge in [-0.1, -0.05) is 30.3 Å². The van der Waals surface area contributed by atoms with Crippen molar-refractivity contribution in [2.24, 2.45) is 0 Å². The third-order valence-corrected chi connectivity index (χ3v) is 4.51. The molecule has 1 N–H and O–H groups in total. The van der Waals surface area contributed by atoms with Crippen LogP contribution in [-0.4, -0.2) is 43.5 Å². The summed E-state index contributed by atoms with van der Waals surface area (Å²) in [4.78, 5) is 26.5. The Morgan fingerprint density at radius 1 is 1.27 bits per heavy atom. The molecule has 0 radical (unpaired) electrons. The number of nitrogens with zero attached hydrogens (tertiary/aromatic N) is 1. The Kier molecular flexibility index (Phi) is 5.32. The number of likely N-dealkylation sites (N-methyl/N-ethyl adjacent to an activating group) is 1. The van der Waals surface area contributed by atoms with Crippen LogP contribution in [-0.2, 0) is 16.0 Å². The van der Waals surface area contributed by atoms with Crippen molar-refractivity contribution >= 4 is 11.9 Å². The maximum atomic E-state index is 13.5. The van der Waals surface area contributed by atoms with Gasteiger partial charge < -0.3 is 15.0 Å². The fourth-order valence-corrected chi connectivity index (χ4v) is 3.10. The number of hydrogen-bond acceptors (Lipinski definition) is 4. The third kappa shape index (κ3) is 3.91. The van der Waals surface area contributed by atoms with Gasteiger partial charge in [-0.2, -0.15) is 0 Å². The van der Waals surface area contributed by atoms with Crippen LogP contribution in [0.1, 0.15) is 27.5 Å². The van der Waals surface area contributed by atoms with E-state index in [0.29, 0.717) is 12.0 Å². The first-order valence-electron chi connectivity index (χ1n) is 8.44. The van der Waals surface area contributed by atoms with E-state index in [0.717, 1.165) is 11.1 Å². The summed E-state index contributed by atoms with van der Waals surface area (Å²) in [5, 5.41) is 2.82. The fraction of sp³-hybridized carbons (Fsp3) is 0.300. The Bertz CT molecular complexity index is 822. The summed E-state index contributed by atoms with van der Waals surface area (Å²) in [6, 6.07) is 13.2. The number of esters is 1. The van der Waals surface area contributed by atoms with E-state index in [4.69, 9.17) is 4.74 Å². The summed E-state index contributed by atoms with van der Waals surface area (Å²) in [6.07, 6.45) is -0.506. The zero-order valence-electron chi connectivity index (χ0n) is 14.7. The lowest BCUT2D eigenvalue weighted by Crippen LogP contribution is -2.44. The minimum absolute atomic E-state index is 0.193. The predicted molar refractivity (Wildman–Crippen MR) is 95.2 cm³/mol. The second-order valence-electron chi connectivity index (χ2n) is 6.53. The number of carbonyl (C=O) groups is 2. The van der Waals surface area contributed by atoms with Gasteiger partial charge >= 0.3 is 5.97 Å². The van der Waals surface area contributed by atoms with Crippen LogP contribution in [0.4, 0.5) is 4.39 Å². The Hall–Kier alpha value is -2.73. The molecule has 2 aromatic carbocycles. The van der Waals surface area contributed by atoms with E-state index >= 15 is 0 Å². The lowest BCUT2D eigenvalue weighted by molar-refractivity contribution is -0.130. The van der Waals surface area contributed by atoms with Crippen LogP contribution in [0, 0.1) is 5.82 Å². The van der Waals surface area contributed by atoms with E-state index in [1.165, 1.54) is 12.1 Å². The zero-order chi connectivity index (χ0) is 18.7. The van der Waals surface area contributed by atoms with Crippen molar-refractivity contribution in [3.8, 4) is 0 Å². The maximum Gasteiger partial charge on any atom is 0.339 e. The van der Waals surface area contributed by atoms with E-state index in [1.807, 2.05) is 37.2 Å². The molecule has 1 aliphatic rings. The molecule has 0 spiro atoms.